The van der Waals surface area contributed by atoms with Crippen molar-refractivity contribution in [2.75, 3.05) is 13.7 Å². The fourth-order valence-corrected chi connectivity index (χ4v) is 3.45. The van der Waals surface area contributed by atoms with Gasteiger partial charge in [0.1, 0.15) is 10.7 Å². The van der Waals surface area contributed by atoms with Crippen LogP contribution in [0.5, 0.6) is 0 Å². The number of halogens is 1. The van der Waals surface area contributed by atoms with E-state index in [1.165, 1.54) is 12.1 Å². The zero-order valence-corrected chi connectivity index (χ0v) is 12.2. The third-order valence-electron chi connectivity index (χ3n) is 3.80. The van der Waals surface area contributed by atoms with Crippen LogP contribution in [-0.2, 0) is 21.3 Å². The Morgan fingerprint density at radius 1 is 1.45 bits per heavy atom. The summed E-state index contributed by atoms with van der Waals surface area (Å²) in [5, 5.41) is 0. The molecule has 0 unspecified atom stereocenters. The summed E-state index contributed by atoms with van der Waals surface area (Å²) in [6, 6.07) is 3.85. The Hall–Kier alpha value is -1.02. The van der Waals surface area contributed by atoms with E-state index in [-0.39, 0.29) is 18.0 Å². The Kier molecular flexibility index (Phi) is 4.43. The lowest BCUT2D eigenvalue weighted by Crippen LogP contribution is -2.49. The molecule has 0 amide bonds. The third-order valence-corrected chi connectivity index (χ3v) is 5.22. The van der Waals surface area contributed by atoms with Gasteiger partial charge in [0.15, 0.2) is 0 Å². The van der Waals surface area contributed by atoms with E-state index in [9.17, 15) is 12.8 Å². The average molecular weight is 302 g/mol. The Morgan fingerprint density at radius 2 is 2.15 bits per heavy atom. The fraction of sp³-hybridized carbons (Fsp3) is 0.538. The predicted molar refractivity (Wildman–Crippen MR) is 73.1 cm³/mol. The lowest BCUT2D eigenvalue weighted by atomic mass is 9.80. The minimum absolute atomic E-state index is 0.151. The fourth-order valence-electron chi connectivity index (χ4n) is 2.21. The predicted octanol–water partition coefficient (Wildman–Crippen LogP) is 1.13. The first-order valence-corrected chi connectivity index (χ1v) is 7.94. The molecule has 5 nitrogen and oxygen atoms in total. The molecule has 0 spiro atoms. The standard InChI is InChI=1S/C13H19FN2O3S/c1-19-13(5-2-6-13)9-16-20(17,18)12-7-10(8-15)3-4-11(12)14/h3-4,7,16H,2,5-6,8-9,15H2,1H3. The van der Waals surface area contributed by atoms with Crippen molar-refractivity contribution in [3.05, 3.63) is 29.6 Å². The van der Waals surface area contributed by atoms with Crippen molar-refractivity contribution in [2.45, 2.75) is 36.3 Å². The summed E-state index contributed by atoms with van der Waals surface area (Å²) in [6.45, 7) is 0.308. The van der Waals surface area contributed by atoms with Crippen molar-refractivity contribution >= 4 is 10.0 Å². The van der Waals surface area contributed by atoms with Gasteiger partial charge >= 0.3 is 0 Å². The Balaban J connectivity index is 2.18. The number of sulfonamides is 1. The van der Waals surface area contributed by atoms with Crippen LogP contribution in [0.2, 0.25) is 0 Å². The van der Waals surface area contributed by atoms with E-state index in [1.54, 1.807) is 7.11 Å². The van der Waals surface area contributed by atoms with Crippen LogP contribution in [0.4, 0.5) is 4.39 Å². The summed E-state index contributed by atoms with van der Waals surface area (Å²) in [5.74, 6) is -0.783. The lowest BCUT2D eigenvalue weighted by molar-refractivity contribution is -0.0659. The first kappa shape index (κ1) is 15.4. The number of benzene rings is 1. The molecule has 2 rings (SSSR count). The largest absolute Gasteiger partial charge is 0.377 e. The van der Waals surface area contributed by atoms with Crippen LogP contribution in [0.25, 0.3) is 0 Å². The van der Waals surface area contributed by atoms with Gasteiger partial charge in [0, 0.05) is 20.2 Å². The normalized spacial score (nSPS) is 17.8. The van der Waals surface area contributed by atoms with Gasteiger partial charge in [0.05, 0.1) is 5.60 Å². The second kappa shape index (κ2) is 5.77. The number of nitrogens with two attached hydrogens (primary N) is 1. The maximum Gasteiger partial charge on any atom is 0.243 e. The maximum atomic E-state index is 13.7. The van der Waals surface area contributed by atoms with Gasteiger partial charge in [-0.2, -0.15) is 0 Å². The van der Waals surface area contributed by atoms with Crippen LogP contribution in [0.1, 0.15) is 24.8 Å². The molecule has 1 saturated carbocycles. The summed E-state index contributed by atoms with van der Waals surface area (Å²) in [6.07, 6.45) is 2.61. The second-order valence-electron chi connectivity index (χ2n) is 5.03. The zero-order chi connectivity index (χ0) is 14.8. The van der Waals surface area contributed by atoms with Crippen LogP contribution in [0.3, 0.4) is 0 Å². The molecule has 0 radical (unpaired) electrons. The van der Waals surface area contributed by atoms with Crippen molar-refractivity contribution in [2.24, 2.45) is 5.73 Å². The summed E-state index contributed by atoms with van der Waals surface area (Å²) in [4.78, 5) is -0.369. The van der Waals surface area contributed by atoms with Gasteiger partial charge in [-0.05, 0) is 37.0 Å². The summed E-state index contributed by atoms with van der Waals surface area (Å²) < 4.78 is 45.8. The van der Waals surface area contributed by atoms with Crippen LogP contribution in [-0.4, -0.2) is 27.7 Å². The highest BCUT2D eigenvalue weighted by molar-refractivity contribution is 7.89. The molecule has 0 atom stereocenters. The topological polar surface area (TPSA) is 81.4 Å². The zero-order valence-electron chi connectivity index (χ0n) is 11.4. The van der Waals surface area contributed by atoms with E-state index in [0.29, 0.717) is 5.56 Å². The molecular formula is C13H19FN2O3S. The second-order valence-corrected chi connectivity index (χ2v) is 6.77. The van der Waals surface area contributed by atoms with Crippen LogP contribution < -0.4 is 10.5 Å². The number of rotatable bonds is 6. The van der Waals surface area contributed by atoms with Gasteiger partial charge in [-0.15, -0.1) is 0 Å². The monoisotopic (exact) mass is 302 g/mol. The molecule has 7 heteroatoms. The van der Waals surface area contributed by atoms with Gasteiger partial charge in [-0.1, -0.05) is 6.07 Å². The van der Waals surface area contributed by atoms with E-state index < -0.39 is 21.4 Å². The molecule has 0 aliphatic heterocycles. The maximum absolute atomic E-state index is 13.7. The Labute approximate surface area is 118 Å². The lowest BCUT2D eigenvalue weighted by Gasteiger charge is -2.40. The summed E-state index contributed by atoms with van der Waals surface area (Å²) in [7, 11) is -2.34. The van der Waals surface area contributed by atoms with E-state index >= 15 is 0 Å². The summed E-state index contributed by atoms with van der Waals surface area (Å²) in [5.41, 5.74) is 5.57. The number of nitrogens with one attached hydrogen (secondary N) is 1. The van der Waals surface area contributed by atoms with Gasteiger partial charge in [-0.25, -0.2) is 17.5 Å². The molecule has 3 N–H and O–H groups in total. The number of methoxy groups -OCH3 is 1. The van der Waals surface area contributed by atoms with E-state index in [1.807, 2.05) is 0 Å². The van der Waals surface area contributed by atoms with Crippen molar-refractivity contribution < 1.29 is 17.5 Å². The highest BCUT2D eigenvalue weighted by Crippen LogP contribution is 2.34. The van der Waals surface area contributed by atoms with Gasteiger partial charge in [0.25, 0.3) is 0 Å². The first-order chi connectivity index (χ1) is 9.42. The number of hydrogen-bond acceptors (Lipinski definition) is 4. The molecule has 1 aromatic rings. The SMILES string of the molecule is COC1(CNS(=O)(=O)c2cc(CN)ccc2F)CCC1. The van der Waals surface area contributed by atoms with Crippen molar-refractivity contribution in [1.82, 2.24) is 4.72 Å². The van der Waals surface area contributed by atoms with E-state index in [2.05, 4.69) is 4.72 Å². The molecule has 1 aromatic carbocycles. The minimum Gasteiger partial charge on any atom is -0.377 e. The molecule has 0 heterocycles. The molecule has 0 bridgehead atoms. The molecule has 1 fully saturated rings. The third kappa shape index (κ3) is 3.01. The number of ether oxygens (including phenoxy) is 1. The van der Waals surface area contributed by atoms with Crippen molar-refractivity contribution in [3.8, 4) is 0 Å². The highest BCUT2D eigenvalue weighted by Gasteiger charge is 2.38. The van der Waals surface area contributed by atoms with Crippen molar-refractivity contribution in [3.63, 3.8) is 0 Å². The minimum atomic E-state index is -3.90. The molecule has 112 valence electrons. The van der Waals surface area contributed by atoms with Crippen LogP contribution in [0, 0.1) is 5.82 Å². The quantitative estimate of drug-likeness (QED) is 0.825. The van der Waals surface area contributed by atoms with Crippen molar-refractivity contribution in [1.29, 1.82) is 0 Å². The van der Waals surface area contributed by atoms with Gasteiger partial charge < -0.3 is 10.5 Å². The first-order valence-electron chi connectivity index (χ1n) is 6.46. The highest BCUT2D eigenvalue weighted by atomic mass is 32.2. The van der Waals surface area contributed by atoms with Crippen LogP contribution >= 0.6 is 0 Å². The smallest absolute Gasteiger partial charge is 0.243 e. The molecule has 20 heavy (non-hydrogen) atoms. The Morgan fingerprint density at radius 3 is 2.65 bits per heavy atom. The van der Waals surface area contributed by atoms with E-state index in [0.717, 1.165) is 25.3 Å². The molecule has 0 saturated heterocycles. The molecule has 1 aliphatic carbocycles. The van der Waals surface area contributed by atoms with Crippen LogP contribution in [0.15, 0.2) is 23.1 Å². The Bertz CT molecular complexity index is 580. The van der Waals surface area contributed by atoms with E-state index in [4.69, 9.17) is 10.5 Å². The molecular weight excluding hydrogens is 283 g/mol. The van der Waals surface area contributed by atoms with Gasteiger partial charge in [-0.3, -0.25) is 0 Å². The molecule has 1 aliphatic rings. The van der Waals surface area contributed by atoms with Gasteiger partial charge in [0.2, 0.25) is 10.0 Å². The molecule has 0 aromatic heterocycles. The summed E-state index contributed by atoms with van der Waals surface area (Å²) >= 11 is 0. The average Bonchev–Trinajstić information content (AvgIpc) is 2.38. The number of hydrogen-bond donors (Lipinski definition) is 2.